The highest BCUT2D eigenvalue weighted by Crippen LogP contribution is 2.12. The minimum absolute atomic E-state index is 0.0453. The number of benzene rings is 1. The molecule has 1 aromatic carbocycles. The average Bonchev–Trinajstić information content (AvgIpc) is 3.00. The third kappa shape index (κ3) is 4.71. The van der Waals surface area contributed by atoms with Crippen molar-refractivity contribution in [2.45, 2.75) is 13.5 Å². The Hall–Kier alpha value is -2.74. The van der Waals surface area contributed by atoms with Crippen molar-refractivity contribution in [1.82, 2.24) is 24.9 Å². The van der Waals surface area contributed by atoms with E-state index < -0.39 is 0 Å². The molecule has 1 saturated heterocycles. The molecule has 1 fully saturated rings. The summed E-state index contributed by atoms with van der Waals surface area (Å²) < 4.78 is 15.3. The molecule has 8 heteroatoms. The molecule has 2 aromatic rings. The van der Waals surface area contributed by atoms with E-state index in [0.29, 0.717) is 44.0 Å². The Morgan fingerprint density at radius 2 is 1.89 bits per heavy atom. The van der Waals surface area contributed by atoms with Crippen LogP contribution in [0.15, 0.2) is 30.3 Å². The van der Waals surface area contributed by atoms with Crippen molar-refractivity contribution in [1.29, 1.82) is 0 Å². The van der Waals surface area contributed by atoms with Gasteiger partial charge in [0.25, 0.3) is 5.91 Å². The van der Waals surface area contributed by atoms with Gasteiger partial charge >= 0.3 is 0 Å². The lowest BCUT2D eigenvalue weighted by Crippen LogP contribution is -2.51. The fraction of sp³-hybridized carbons (Fsp3) is 0.421. The largest absolute Gasteiger partial charge is 0.342 e. The highest BCUT2D eigenvalue weighted by Gasteiger charge is 2.22. The van der Waals surface area contributed by atoms with Crippen LogP contribution >= 0.6 is 0 Å². The Kier molecular flexibility index (Phi) is 5.85. The predicted molar refractivity (Wildman–Crippen MR) is 98.5 cm³/mol. The van der Waals surface area contributed by atoms with E-state index in [2.05, 4.69) is 15.3 Å². The zero-order chi connectivity index (χ0) is 19.4. The molecule has 0 aliphatic carbocycles. The first-order valence-corrected chi connectivity index (χ1v) is 8.96. The number of carbonyl (C=O) groups is 2. The molecule has 0 radical (unpaired) electrons. The van der Waals surface area contributed by atoms with Gasteiger partial charge in [-0.05, 0) is 19.1 Å². The second-order valence-electron chi connectivity index (χ2n) is 6.73. The van der Waals surface area contributed by atoms with E-state index in [-0.39, 0.29) is 24.2 Å². The highest BCUT2D eigenvalue weighted by molar-refractivity contribution is 5.95. The monoisotopic (exact) mass is 373 g/mol. The van der Waals surface area contributed by atoms with Crippen LogP contribution in [0.1, 0.15) is 21.7 Å². The van der Waals surface area contributed by atoms with Crippen LogP contribution in [0, 0.1) is 12.7 Å². The van der Waals surface area contributed by atoms with Crippen molar-refractivity contribution < 1.29 is 14.0 Å². The minimum atomic E-state index is -0.315. The van der Waals surface area contributed by atoms with Gasteiger partial charge < -0.3 is 10.2 Å². The van der Waals surface area contributed by atoms with Gasteiger partial charge in [-0.15, -0.1) is 0 Å². The lowest BCUT2D eigenvalue weighted by Gasteiger charge is -2.34. The Bertz CT molecular complexity index is 827. The van der Waals surface area contributed by atoms with Gasteiger partial charge in [-0.1, -0.05) is 18.2 Å². The van der Waals surface area contributed by atoms with Gasteiger partial charge in [-0.2, -0.15) is 5.10 Å². The van der Waals surface area contributed by atoms with Gasteiger partial charge in [0.15, 0.2) is 0 Å². The maximum atomic E-state index is 13.8. The maximum absolute atomic E-state index is 13.8. The van der Waals surface area contributed by atoms with E-state index in [1.807, 2.05) is 13.0 Å². The summed E-state index contributed by atoms with van der Waals surface area (Å²) in [7, 11) is 1.69. The number of aromatic nitrogens is 2. The molecule has 0 spiro atoms. The molecule has 3 rings (SSSR count). The van der Waals surface area contributed by atoms with Crippen LogP contribution in [-0.2, 0) is 18.4 Å². The molecule has 2 heterocycles. The maximum Gasteiger partial charge on any atom is 0.269 e. The van der Waals surface area contributed by atoms with Gasteiger partial charge in [-0.25, -0.2) is 4.39 Å². The molecule has 1 aromatic heterocycles. The number of halogens is 1. The van der Waals surface area contributed by atoms with Crippen LogP contribution in [0.3, 0.4) is 0 Å². The van der Waals surface area contributed by atoms with Crippen molar-refractivity contribution in [3.05, 3.63) is 53.1 Å². The van der Waals surface area contributed by atoms with Crippen molar-refractivity contribution >= 4 is 11.8 Å². The van der Waals surface area contributed by atoms with Gasteiger partial charge in [0, 0.05) is 45.3 Å². The van der Waals surface area contributed by atoms with E-state index in [4.69, 9.17) is 0 Å². The quantitative estimate of drug-likeness (QED) is 0.847. The van der Waals surface area contributed by atoms with E-state index in [0.717, 1.165) is 5.69 Å². The van der Waals surface area contributed by atoms with Gasteiger partial charge in [0.2, 0.25) is 5.91 Å². The van der Waals surface area contributed by atoms with Crippen LogP contribution in [0.25, 0.3) is 0 Å². The Labute approximate surface area is 157 Å². The van der Waals surface area contributed by atoms with Crippen LogP contribution < -0.4 is 5.32 Å². The molecule has 0 unspecified atom stereocenters. The molecule has 0 atom stereocenters. The van der Waals surface area contributed by atoms with E-state index >= 15 is 0 Å². The standard InChI is InChI=1S/C19H24FN5O2/c1-14-11-17(23(2)22-14)19(27)21-12-18(26)25-9-7-24(8-10-25)13-15-5-3-4-6-16(15)20/h3-6,11H,7-10,12-13H2,1-2H3,(H,21,27). The number of hydrogen-bond acceptors (Lipinski definition) is 4. The van der Waals surface area contributed by atoms with E-state index in [1.165, 1.54) is 10.7 Å². The number of aryl methyl sites for hydroxylation is 2. The number of amides is 2. The predicted octanol–water partition coefficient (Wildman–Crippen LogP) is 0.942. The molecular formula is C19H24FN5O2. The second-order valence-corrected chi connectivity index (χ2v) is 6.73. The number of nitrogens with one attached hydrogen (secondary N) is 1. The lowest BCUT2D eigenvalue weighted by atomic mass is 10.2. The normalized spacial score (nSPS) is 15.0. The zero-order valence-electron chi connectivity index (χ0n) is 15.6. The van der Waals surface area contributed by atoms with Crippen molar-refractivity contribution in [2.24, 2.45) is 7.05 Å². The summed E-state index contributed by atoms with van der Waals surface area (Å²) in [5, 5.41) is 6.78. The van der Waals surface area contributed by atoms with Gasteiger partial charge in [0.05, 0.1) is 12.2 Å². The molecule has 1 aliphatic rings. The fourth-order valence-electron chi connectivity index (χ4n) is 3.20. The zero-order valence-corrected chi connectivity index (χ0v) is 15.6. The Morgan fingerprint density at radius 1 is 1.19 bits per heavy atom. The van der Waals surface area contributed by atoms with Crippen LogP contribution in [0.4, 0.5) is 4.39 Å². The Balaban J connectivity index is 1.45. The lowest BCUT2D eigenvalue weighted by molar-refractivity contribution is -0.131. The fourth-order valence-corrected chi connectivity index (χ4v) is 3.20. The van der Waals surface area contributed by atoms with Crippen molar-refractivity contribution in [3.8, 4) is 0 Å². The molecule has 27 heavy (non-hydrogen) atoms. The summed E-state index contributed by atoms with van der Waals surface area (Å²) >= 11 is 0. The molecule has 144 valence electrons. The summed E-state index contributed by atoms with van der Waals surface area (Å²) in [4.78, 5) is 28.4. The summed E-state index contributed by atoms with van der Waals surface area (Å²) in [5.74, 6) is -0.637. The van der Waals surface area contributed by atoms with E-state index in [1.54, 1.807) is 30.1 Å². The van der Waals surface area contributed by atoms with E-state index in [9.17, 15) is 14.0 Å². The second kappa shape index (κ2) is 8.30. The summed E-state index contributed by atoms with van der Waals surface area (Å²) in [6.07, 6.45) is 0. The average molecular weight is 373 g/mol. The van der Waals surface area contributed by atoms with Gasteiger partial charge in [-0.3, -0.25) is 19.2 Å². The third-order valence-corrected chi connectivity index (χ3v) is 4.71. The first-order valence-electron chi connectivity index (χ1n) is 8.96. The number of rotatable bonds is 5. The van der Waals surface area contributed by atoms with Gasteiger partial charge in [0.1, 0.15) is 11.5 Å². The smallest absolute Gasteiger partial charge is 0.269 e. The van der Waals surface area contributed by atoms with Crippen LogP contribution in [0.2, 0.25) is 0 Å². The number of hydrogen-bond donors (Lipinski definition) is 1. The van der Waals surface area contributed by atoms with Crippen LogP contribution in [0.5, 0.6) is 0 Å². The number of piperazine rings is 1. The first kappa shape index (κ1) is 19.0. The summed E-state index contributed by atoms with van der Waals surface area (Å²) in [6, 6.07) is 8.42. The SMILES string of the molecule is Cc1cc(C(=O)NCC(=O)N2CCN(Cc3ccccc3F)CC2)n(C)n1. The first-order chi connectivity index (χ1) is 12.9. The number of carbonyl (C=O) groups excluding carboxylic acids is 2. The highest BCUT2D eigenvalue weighted by atomic mass is 19.1. The third-order valence-electron chi connectivity index (χ3n) is 4.71. The topological polar surface area (TPSA) is 70.5 Å². The Morgan fingerprint density at radius 3 is 2.52 bits per heavy atom. The molecule has 2 amide bonds. The summed E-state index contributed by atoms with van der Waals surface area (Å²) in [6.45, 7) is 4.77. The van der Waals surface area contributed by atoms with Crippen LogP contribution in [-0.4, -0.2) is 64.1 Å². The molecular weight excluding hydrogens is 349 g/mol. The number of nitrogens with zero attached hydrogens (tertiary/aromatic N) is 4. The molecule has 0 bridgehead atoms. The molecule has 7 nitrogen and oxygen atoms in total. The molecule has 1 N–H and O–H groups in total. The molecule has 0 saturated carbocycles. The summed E-state index contributed by atoms with van der Waals surface area (Å²) in [5.41, 5.74) is 1.84. The minimum Gasteiger partial charge on any atom is -0.342 e. The molecule has 1 aliphatic heterocycles. The van der Waals surface area contributed by atoms with Crippen molar-refractivity contribution in [2.75, 3.05) is 32.7 Å². The van der Waals surface area contributed by atoms with Crippen molar-refractivity contribution in [3.63, 3.8) is 0 Å².